The zero-order valence-electron chi connectivity index (χ0n) is 16.3. The summed E-state index contributed by atoms with van der Waals surface area (Å²) >= 11 is 2.40. The standard InChI is InChI=1S/C22H26IN3O2/c1-3-18-15-28-22(26-18)17(14-23)13-16-7-9-20(10-8-16)27-12-11-19-5-4-6-21(24-2)25-19/h4-10,15,17H,3,11-14H2,1-2H3,(H,24,25). The van der Waals surface area contributed by atoms with E-state index >= 15 is 0 Å². The first-order chi connectivity index (χ1) is 13.7. The minimum Gasteiger partial charge on any atom is -0.493 e. The molecule has 0 spiro atoms. The Hall–Kier alpha value is -2.09. The lowest BCUT2D eigenvalue weighted by atomic mass is 10.0. The lowest BCUT2D eigenvalue weighted by Crippen LogP contribution is -2.06. The number of oxazole rings is 1. The minimum atomic E-state index is 0.290. The van der Waals surface area contributed by atoms with E-state index in [9.17, 15) is 0 Å². The van der Waals surface area contributed by atoms with Gasteiger partial charge in [0.05, 0.1) is 12.3 Å². The Kier molecular flexibility index (Phi) is 7.71. The van der Waals surface area contributed by atoms with Gasteiger partial charge in [-0.05, 0) is 42.7 Å². The molecule has 0 aliphatic carbocycles. The van der Waals surface area contributed by atoms with Crippen LogP contribution in [0.25, 0.3) is 0 Å². The van der Waals surface area contributed by atoms with E-state index in [0.717, 1.165) is 52.5 Å². The molecular formula is C22H26IN3O2. The number of nitrogens with one attached hydrogen (secondary N) is 1. The lowest BCUT2D eigenvalue weighted by molar-refractivity contribution is 0.320. The van der Waals surface area contributed by atoms with E-state index in [1.807, 2.05) is 37.4 Å². The Balaban J connectivity index is 1.52. The molecule has 2 heterocycles. The topological polar surface area (TPSA) is 60.2 Å². The number of alkyl halides is 1. The molecule has 0 aliphatic rings. The molecule has 0 radical (unpaired) electrons. The van der Waals surface area contributed by atoms with Gasteiger partial charge in [0.2, 0.25) is 0 Å². The fourth-order valence-electron chi connectivity index (χ4n) is 2.92. The van der Waals surface area contributed by atoms with Gasteiger partial charge in [0, 0.05) is 29.5 Å². The Morgan fingerprint density at radius 1 is 1.11 bits per heavy atom. The number of aryl methyl sites for hydroxylation is 1. The Morgan fingerprint density at radius 3 is 2.61 bits per heavy atom. The zero-order chi connectivity index (χ0) is 19.8. The second-order valence-corrected chi connectivity index (χ2v) is 7.47. The highest BCUT2D eigenvalue weighted by molar-refractivity contribution is 14.1. The maximum absolute atomic E-state index is 5.88. The molecule has 0 bridgehead atoms. The third-order valence-electron chi connectivity index (χ3n) is 4.56. The first-order valence-electron chi connectivity index (χ1n) is 9.57. The van der Waals surface area contributed by atoms with E-state index in [0.29, 0.717) is 6.61 Å². The monoisotopic (exact) mass is 491 g/mol. The van der Waals surface area contributed by atoms with Gasteiger partial charge in [-0.15, -0.1) is 0 Å². The quantitative estimate of drug-likeness (QED) is 0.318. The maximum Gasteiger partial charge on any atom is 0.198 e. The molecule has 3 aromatic rings. The molecule has 5 nitrogen and oxygen atoms in total. The van der Waals surface area contributed by atoms with Crippen LogP contribution in [0.15, 0.2) is 53.1 Å². The summed E-state index contributed by atoms with van der Waals surface area (Å²) in [5, 5.41) is 3.05. The van der Waals surface area contributed by atoms with Crippen LogP contribution in [0.2, 0.25) is 0 Å². The van der Waals surface area contributed by atoms with Gasteiger partial charge < -0.3 is 14.5 Å². The minimum absolute atomic E-state index is 0.290. The summed E-state index contributed by atoms with van der Waals surface area (Å²) < 4.78 is 12.5. The van der Waals surface area contributed by atoms with E-state index in [1.54, 1.807) is 6.26 Å². The van der Waals surface area contributed by atoms with Crippen molar-refractivity contribution >= 4 is 28.4 Å². The molecular weight excluding hydrogens is 465 g/mol. The summed E-state index contributed by atoms with van der Waals surface area (Å²) in [5.74, 6) is 2.88. The summed E-state index contributed by atoms with van der Waals surface area (Å²) in [6.07, 6.45) is 4.36. The van der Waals surface area contributed by atoms with Crippen LogP contribution >= 0.6 is 22.6 Å². The SMILES string of the molecule is CCc1coc(C(CI)Cc2ccc(OCCc3cccc(NC)n3)cc2)n1. The first-order valence-corrected chi connectivity index (χ1v) is 11.1. The molecule has 2 aromatic heterocycles. The lowest BCUT2D eigenvalue weighted by Gasteiger charge is -2.11. The van der Waals surface area contributed by atoms with Crippen LogP contribution in [0.5, 0.6) is 5.75 Å². The van der Waals surface area contributed by atoms with Crippen LogP contribution in [0.3, 0.4) is 0 Å². The van der Waals surface area contributed by atoms with Crippen molar-refractivity contribution in [3.8, 4) is 5.75 Å². The number of nitrogens with zero attached hydrogens (tertiary/aromatic N) is 2. The van der Waals surface area contributed by atoms with Crippen molar-refractivity contribution in [1.82, 2.24) is 9.97 Å². The van der Waals surface area contributed by atoms with Gasteiger partial charge in [0.1, 0.15) is 17.8 Å². The van der Waals surface area contributed by atoms with Gasteiger partial charge in [-0.25, -0.2) is 9.97 Å². The molecule has 28 heavy (non-hydrogen) atoms. The molecule has 1 unspecified atom stereocenters. The van der Waals surface area contributed by atoms with Crippen LogP contribution < -0.4 is 10.1 Å². The summed E-state index contributed by atoms with van der Waals surface area (Å²) in [5.41, 5.74) is 3.29. The Morgan fingerprint density at radius 2 is 1.93 bits per heavy atom. The van der Waals surface area contributed by atoms with Gasteiger partial charge in [0.15, 0.2) is 5.89 Å². The molecule has 1 N–H and O–H groups in total. The van der Waals surface area contributed by atoms with Gasteiger partial charge in [-0.1, -0.05) is 47.7 Å². The molecule has 0 saturated carbocycles. The number of hydrogen-bond donors (Lipinski definition) is 1. The second-order valence-electron chi connectivity index (χ2n) is 6.59. The van der Waals surface area contributed by atoms with E-state index < -0.39 is 0 Å². The summed E-state index contributed by atoms with van der Waals surface area (Å²) in [6, 6.07) is 14.3. The molecule has 0 fully saturated rings. The predicted molar refractivity (Wildman–Crippen MR) is 121 cm³/mol. The molecule has 0 aliphatic heterocycles. The number of aromatic nitrogens is 2. The van der Waals surface area contributed by atoms with E-state index in [1.165, 1.54) is 5.56 Å². The van der Waals surface area contributed by atoms with Crippen molar-refractivity contribution in [1.29, 1.82) is 0 Å². The van der Waals surface area contributed by atoms with Crippen molar-refractivity contribution in [2.24, 2.45) is 0 Å². The number of rotatable bonds is 10. The number of benzene rings is 1. The number of anilines is 1. The molecule has 0 amide bonds. The summed E-state index contributed by atoms with van der Waals surface area (Å²) in [7, 11) is 1.87. The van der Waals surface area contributed by atoms with Gasteiger partial charge in [-0.2, -0.15) is 0 Å². The fraction of sp³-hybridized carbons (Fsp3) is 0.364. The highest BCUT2D eigenvalue weighted by Gasteiger charge is 2.17. The largest absolute Gasteiger partial charge is 0.493 e. The zero-order valence-corrected chi connectivity index (χ0v) is 18.5. The molecule has 3 rings (SSSR count). The van der Waals surface area contributed by atoms with E-state index in [4.69, 9.17) is 9.15 Å². The normalized spacial score (nSPS) is 12.0. The highest BCUT2D eigenvalue weighted by Crippen LogP contribution is 2.24. The highest BCUT2D eigenvalue weighted by atomic mass is 127. The first kappa shape index (κ1) is 20.6. The molecule has 6 heteroatoms. The van der Waals surface area contributed by atoms with Crippen LogP contribution in [-0.2, 0) is 19.3 Å². The van der Waals surface area contributed by atoms with E-state index in [-0.39, 0.29) is 5.92 Å². The summed E-state index contributed by atoms with van der Waals surface area (Å²) in [4.78, 5) is 9.10. The summed E-state index contributed by atoms with van der Waals surface area (Å²) in [6.45, 7) is 2.69. The van der Waals surface area contributed by atoms with Crippen LogP contribution in [0, 0.1) is 0 Å². The van der Waals surface area contributed by atoms with Crippen LogP contribution in [0.4, 0.5) is 5.82 Å². The van der Waals surface area contributed by atoms with Gasteiger partial charge in [-0.3, -0.25) is 0 Å². The third-order valence-corrected chi connectivity index (χ3v) is 5.63. The molecule has 148 valence electrons. The second kappa shape index (κ2) is 10.5. The Labute approximate surface area is 180 Å². The van der Waals surface area contributed by atoms with E-state index in [2.05, 4.69) is 56.9 Å². The number of halogens is 1. The molecule has 1 aromatic carbocycles. The van der Waals surface area contributed by atoms with Gasteiger partial charge >= 0.3 is 0 Å². The van der Waals surface area contributed by atoms with Crippen LogP contribution in [-0.4, -0.2) is 28.1 Å². The smallest absolute Gasteiger partial charge is 0.198 e. The van der Waals surface area contributed by atoms with Crippen molar-refractivity contribution < 1.29 is 9.15 Å². The van der Waals surface area contributed by atoms with Gasteiger partial charge in [0.25, 0.3) is 0 Å². The fourth-order valence-corrected chi connectivity index (χ4v) is 3.61. The average Bonchev–Trinajstić information content (AvgIpc) is 3.22. The van der Waals surface area contributed by atoms with Crippen molar-refractivity contribution in [3.05, 3.63) is 71.6 Å². The number of hydrogen-bond acceptors (Lipinski definition) is 5. The molecule has 0 saturated heterocycles. The number of pyridine rings is 1. The van der Waals surface area contributed by atoms with Crippen molar-refractivity contribution in [3.63, 3.8) is 0 Å². The van der Waals surface area contributed by atoms with Crippen LogP contribution in [0.1, 0.15) is 35.7 Å². The maximum atomic E-state index is 5.88. The van der Waals surface area contributed by atoms with Crippen molar-refractivity contribution in [2.75, 3.05) is 23.4 Å². The predicted octanol–water partition coefficient (Wildman–Crippen LogP) is 5.06. The third kappa shape index (κ3) is 5.70. The molecule has 1 atom stereocenters. The number of ether oxygens (including phenoxy) is 1. The Bertz CT molecular complexity index is 864. The van der Waals surface area contributed by atoms with Crippen molar-refractivity contribution in [2.45, 2.75) is 32.1 Å². The average molecular weight is 491 g/mol.